The molecular formula is C17H14ClNO4. The molecule has 118 valence electrons. The van der Waals surface area contributed by atoms with Crippen molar-refractivity contribution < 1.29 is 19.4 Å². The third kappa shape index (κ3) is 3.00. The highest BCUT2D eigenvalue weighted by Gasteiger charge is 2.31. The van der Waals surface area contributed by atoms with Crippen molar-refractivity contribution in [3.05, 3.63) is 58.6 Å². The summed E-state index contributed by atoms with van der Waals surface area (Å²) in [6.45, 7) is 2.01. The number of nitrogens with zero attached hydrogens (tertiary/aromatic N) is 1. The number of carbonyl (C=O) groups excluding carboxylic acids is 1. The van der Waals surface area contributed by atoms with E-state index < -0.39 is 12.1 Å². The Morgan fingerprint density at radius 3 is 2.61 bits per heavy atom. The van der Waals surface area contributed by atoms with Crippen molar-refractivity contribution in [1.82, 2.24) is 0 Å². The molecular weight excluding hydrogens is 318 g/mol. The molecule has 0 bridgehead atoms. The molecule has 1 aliphatic rings. The number of rotatable bonds is 3. The third-order valence-corrected chi connectivity index (χ3v) is 3.91. The van der Waals surface area contributed by atoms with Crippen LogP contribution in [0.1, 0.15) is 22.8 Å². The Morgan fingerprint density at radius 1 is 1.26 bits per heavy atom. The zero-order valence-corrected chi connectivity index (χ0v) is 13.1. The monoisotopic (exact) mass is 331 g/mol. The van der Waals surface area contributed by atoms with E-state index in [1.807, 2.05) is 0 Å². The maximum Gasteiger partial charge on any atom is 0.335 e. The van der Waals surface area contributed by atoms with Crippen molar-refractivity contribution in [3.63, 3.8) is 0 Å². The second kappa shape index (κ2) is 5.93. The van der Waals surface area contributed by atoms with Gasteiger partial charge in [0.1, 0.15) is 5.75 Å². The zero-order chi connectivity index (χ0) is 16.6. The quantitative estimate of drug-likeness (QED) is 0.936. The lowest BCUT2D eigenvalue weighted by Crippen LogP contribution is -2.44. The van der Waals surface area contributed by atoms with Gasteiger partial charge in [0.2, 0.25) is 0 Å². The van der Waals surface area contributed by atoms with E-state index in [2.05, 4.69) is 0 Å². The van der Waals surface area contributed by atoms with Crippen molar-refractivity contribution in [2.24, 2.45) is 0 Å². The molecule has 23 heavy (non-hydrogen) atoms. The van der Waals surface area contributed by atoms with Crippen LogP contribution < -0.4 is 9.64 Å². The number of benzene rings is 2. The number of aromatic carboxylic acids is 1. The largest absolute Gasteiger partial charge is 0.479 e. The number of hydrogen-bond donors (Lipinski definition) is 1. The van der Waals surface area contributed by atoms with Gasteiger partial charge in [-0.25, -0.2) is 4.79 Å². The Balaban J connectivity index is 1.93. The molecule has 1 unspecified atom stereocenters. The molecule has 0 saturated carbocycles. The van der Waals surface area contributed by atoms with Crippen molar-refractivity contribution in [3.8, 4) is 5.75 Å². The minimum Gasteiger partial charge on any atom is -0.479 e. The first-order valence-corrected chi connectivity index (χ1v) is 7.43. The van der Waals surface area contributed by atoms with Crippen LogP contribution in [0.3, 0.4) is 0 Å². The van der Waals surface area contributed by atoms with E-state index in [0.717, 1.165) is 5.56 Å². The van der Waals surface area contributed by atoms with E-state index in [0.29, 0.717) is 23.0 Å². The van der Waals surface area contributed by atoms with Crippen LogP contribution in [0, 0.1) is 0 Å². The van der Waals surface area contributed by atoms with E-state index >= 15 is 0 Å². The number of carboxylic acid groups (broad SMARTS) is 1. The molecule has 0 aliphatic carbocycles. The summed E-state index contributed by atoms with van der Waals surface area (Å²) in [5, 5.41) is 9.45. The van der Waals surface area contributed by atoms with Crippen molar-refractivity contribution in [2.75, 3.05) is 4.90 Å². The standard InChI is InChI=1S/C17H14ClNO4/c1-10-16(20)19(14-8-13(18)6-7-15(14)23-10)9-11-2-4-12(5-3-11)17(21)22/h2-8,10H,9H2,1H3,(H,21,22). The summed E-state index contributed by atoms with van der Waals surface area (Å²) in [7, 11) is 0. The Hall–Kier alpha value is -2.53. The molecule has 0 spiro atoms. The minimum absolute atomic E-state index is 0.165. The number of carboxylic acids is 1. The smallest absolute Gasteiger partial charge is 0.335 e. The summed E-state index contributed by atoms with van der Waals surface area (Å²) in [6.07, 6.45) is -0.582. The molecule has 0 fully saturated rings. The Kier molecular flexibility index (Phi) is 3.96. The third-order valence-electron chi connectivity index (χ3n) is 3.67. The number of anilines is 1. The number of halogens is 1. The summed E-state index contributed by atoms with van der Waals surface area (Å²) in [6, 6.07) is 11.6. The highest BCUT2D eigenvalue weighted by molar-refractivity contribution is 6.31. The van der Waals surface area contributed by atoms with Gasteiger partial charge in [-0.2, -0.15) is 0 Å². The molecule has 1 amide bonds. The van der Waals surface area contributed by atoms with Crippen LogP contribution in [-0.2, 0) is 11.3 Å². The van der Waals surface area contributed by atoms with Crippen LogP contribution in [0.15, 0.2) is 42.5 Å². The van der Waals surface area contributed by atoms with Crippen LogP contribution in [0.2, 0.25) is 5.02 Å². The normalized spacial score (nSPS) is 16.7. The lowest BCUT2D eigenvalue weighted by molar-refractivity contribution is -0.125. The van der Waals surface area contributed by atoms with E-state index in [1.54, 1.807) is 42.2 Å². The lowest BCUT2D eigenvalue weighted by Gasteiger charge is -2.33. The number of carbonyl (C=O) groups is 2. The number of amides is 1. The Bertz CT molecular complexity index is 773. The SMILES string of the molecule is CC1Oc2ccc(Cl)cc2N(Cc2ccc(C(=O)O)cc2)C1=O. The average Bonchev–Trinajstić information content (AvgIpc) is 2.53. The minimum atomic E-state index is -0.982. The Labute approximate surface area is 138 Å². The van der Waals surface area contributed by atoms with Gasteiger partial charge < -0.3 is 14.7 Å². The molecule has 0 radical (unpaired) electrons. The first-order chi connectivity index (χ1) is 11.0. The van der Waals surface area contributed by atoms with Gasteiger partial charge in [0, 0.05) is 5.02 Å². The van der Waals surface area contributed by atoms with Gasteiger partial charge in [-0.3, -0.25) is 4.79 Å². The summed E-state index contributed by atoms with van der Waals surface area (Å²) in [4.78, 5) is 24.9. The van der Waals surface area contributed by atoms with Gasteiger partial charge in [-0.05, 0) is 42.8 Å². The van der Waals surface area contributed by atoms with E-state index in [4.69, 9.17) is 21.4 Å². The van der Waals surface area contributed by atoms with E-state index in [9.17, 15) is 9.59 Å². The molecule has 1 N–H and O–H groups in total. The number of hydrogen-bond acceptors (Lipinski definition) is 3. The van der Waals surface area contributed by atoms with Crippen molar-refractivity contribution in [1.29, 1.82) is 0 Å². The van der Waals surface area contributed by atoms with E-state index in [-0.39, 0.29) is 11.5 Å². The van der Waals surface area contributed by atoms with Gasteiger partial charge in [0.25, 0.3) is 5.91 Å². The van der Waals surface area contributed by atoms with Gasteiger partial charge in [-0.1, -0.05) is 23.7 Å². The fourth-order valence-corrected chi connectivity index (χ4v) is 2.64. The van der Waals surface area contributed by atoms with Gasteiger partial charge in [0.15, 0.2) is 6.10 Å². The highest BCUT2D eigenvalue weighted by atomic mass is 35.5. The predicted octanol–water partition coefficient (Wildman–Crippen LogP) is 3.35. The first kappa shape index (κ1) is 15.4. The van der Waals surface area contributed by atoms with Crippen LogP contribution in [-0.4, -0.2) is 23.1 Å². The molecule has 3 rings (SSSR count). The highest BCUT2D eigenvalue weighted by Crippen LogP contribution is 2.37. The fraction of sp³-hybridized carbons (Fsp3) is 0.176. The van der Waals surface area contributed by atoms with E-state index in [1.165, 1.54) is 12.1 Å². The second-order valence-electron chi connectivity index (χ2n) is 5.30. The maximum absolute atomic E-state index is 12.4. The predicted molar refractivity (Wildman–Crippen MR) is 86.1 cm³/mol. The molecule has 6 heteroatoms. The first-order valence-electron chi connectivity index (χ1n) is 7.05. The average molecular weight is 332 g/mol. The van der Waals surface area contributed by atoms with Crippen LogP contribution in [0.4, 0.5) is 5.69 Å². The molecule has 5 nitrogen and oxygen atoms in total. The van der Waals surface area contributed by atoms with Crippen LogP contribution in [0.25, 0.3) is 0 Å². The van der Waals surface area contributed by atoms with Gasteiger partial charge in [-0.15, -0.1) is 0 Å². The second-order valence-corrected chi connectivity index (χ2v) is 5.74. The molecule has 1 aliphatic heterocycles. The summed E-state index contributed by atoms with van der Waals surface area (Å²) in [5.74, 6) is -0.546. The molecule has 2 aromatic rings. The zero-order valence-electron chi connectivity index (χ0n) is 12.3. The topological polar surface area (TPSA) is 66.8 Å². The molecule has 2 aromatic carbocycles. The number of fused-ring (bicyclic) bond motifs is 1. The summed E-state index contributed by atoms with van der Waals surface area (Å²) in [5.41, 5.74) is 1.64. The van der Waals surface area contributed by atoms with Crippen molar-refractivity contribution in [2.45, 2.75) is 19.6 Å². The fourth-order valence-electron chi connectivity index (χ4n) is 2.48. The van der Waals surface area contributed by atoms with Gasteiger partial charge in [0.05, 0.1) is 17.8 Å². The maximum atomic E-state index is 12.4. The number of ether oxygens (including phenoxy) is 1. The molecule has 1 heterocycles. The van der Waals surface area contributed by atoms with Crippen molar-refractivity contribution >= 4 is 29.2 Å². The summed E-state index contributed by atoms with van der Waals surface area (Å²) < 4.78 is 5.59. The molecule has 1 atom stereocenters. The van der Waals surface area contributed by atoms with Crippen LogP contribution >= 0.6 is 11.6 Å². The Morgan fingerprint density at radius 2 is 1.96 bits per heavy atom. The van der Waals surface area contributed by atoms with Crippen LogP contribution in [0.5, 0.6) is 5.75 Å². The van der Waals surface area contributed by atoms with Gasteiger partial charge >= 0.3 is 5.97 Å². The molecule has 0 aromatic heterocycles. The molecule has 0 saturated heterocycles. The summed E-state index contributed by atoms with van der Waals surface area (Å²) >= 11 is 6.03. The lowest BCUT2D eigenvalue weighted by atomic mass is 10.1.